The van der Waals surface area contributed by atoms with Crippen molar-refractivity contribution in [2.45, 2.75) is 38.7 Å². The fourth-order valence-electron chi connectivity index (χ4n) is 4.42. The van der Waals surface area contributed by atoms with Crippen molar-refractivity contribution < 1.29 is 19.1 Å². The van der Waals surface area contributed by atoms with Gasteiger partial charge in [-0.2, -0.15) is 0 Å². The van der Waals surface area contributed by atoms with Crippen LogP contribution in [0.5, 0.6) is 5.75 Å². The monoisotopic (exact) mass is 384 g/mol. The number of hydrogen-bond donors (Lipinski definition) is 0. The van der Waals surface area contributed by atoms with E-state index in [4.69, 9.17) is 9.47 Å². The van der Waals surface area contributed by atoms with E-state index in [2.05, 4.69) is 11.8 Å². The van der Waals surface area contributed by atoms with E-state index < -0.39 is 0 Å². The van der Waals surface area contributed by atoms with Crippen molar-refractivity contribution in [1.82, 2.24) is 9.80 Å². The molecule has 4 rings (SSSR count). The van der Waals surface area contributed by atoms with Crippen molar-refractivity contribution in [3.63, 3.8) is 0 Å². The molecule has 2 atom stereocenters. The molecule has 0 aliphatic carbocycles. The van der Waals surface area contributed by atoms with Crippen molar-refractivity contribution in [1.29, 1.82) is 0 Å². The minimum atomic E-state index is -0.209. The van der Waals surface area contributed by atoms with Crippen molar-refractivity contribution in [2.24, 2.45) is 5.92 Å². The number of ether oxygens (including phenoxy) is 2. The van der Waals surface area contributed by atoms with E-state index in [0.29, 0.717) is 30.3 Å². The Morgan fingerprint density at radius 1 is 1.11 bits per heavy atom. The van der Waals surface area contributed by atoms with Crippen LogP contribution in [0.1, 0.15) is 38.2 Å². The normalized spacial score (nSPS) is 25.8. The second-order valence-corrected chi connectivity index (χ2v) is 8.00. The standard InChI is InChI=1S/C22H28N2O4/c1-15-5-3-11-23(13-15)20-19(16-7-9-17(27-2)10-8-16)21(25)24(22(20)26)14-18-6-4-12-28-18/h7-10,15,18H,3-6,11-14H2,1-2H3. The Balaban J connectivity index is 1.70. The number of methoxy groups -OCH3 is 1. The van der Waals surface area contributed by atoms with Crippen molar-refractivity contribution in [3.8, 4) is 5.75 Å². The molecule has 3 heterocycles. The van der Waals surface area contributed by atoms with E-state index in [9.17, 15) is 9.59 Å². The molecule has 150 valence electrons. The lowest BCUT2D eigenvalue weighted by atomic mass is 9.98. The lowest BCUT2D eigenvalue weighted by Crippen LogP contribution is -2.41. The molecule has 2 amide bonds. The van der Waals surface area contributed by atoms with Crippen LogP contribution in [0.15, 0.2) is 30.0 Å². The highest BCUT2D eigenvalue weighted by molar-refractivity contribution is 6.35. The molecule has 28 heavy (non-hydrogen) atoms. The lowest BCUT2D eigenvalue weighted by molar-refractivity contribution is -0.139. The number of amides is 2. The van der Waals surface area contributed by atoms with Crippen LogP contribution >= 0.6 is 0 Å². The van der Waals surface area contributed by atoms with E-state index in [0.717, 1.165) is 50.1 Å². The summed E-state index contributed by atoms with van der Waals surface area (Å²) in [6.45, 7) is 4.86. The molecule has 3 aliphatic rings. The summed E-state index contributed by atoms with van der Waals surface area (Å²) in [5.74, 6) is 0.846. The van der Waals surface area contributed by atoms with Gasteiger partial charge in [-0.15, -0.1) is 0 Å². The molecule has 0 radical (unpaired) electrons. The minimum Gasteiger partial charge on any atom is -0.497 e. The summed E-state index contributed by atoms with van der Waals surface area (Å²) in [7, 11) is 1.61. The van der Waals surface area contributed by atoms with E-state index in [-0.39, 0.29) is 17.9 Å². The topological polar surface area (TPSA) is 59.1 Å². The number of imide groups is 1. The SMILES string of the molecule is COc1ccc(C2=C(N3CCCC(C)C3)C(=O)N(CC3CCCO3)C2=O)cc1. The molecule has 3 aliphatic heterocycles. The average Bonchev–Trinajstić information content (AvgIpc) is 3.30. The first-order valence-electron chi connectivity index (χ1n) is 10.2. The summed E-state index contributed by atoms with van der Waals surface area (Å²) in [4.78, 5) is 30.2. The van der Waals surface area contributed by atoms with E-state index in [1.165, 1.54) is 4.90 Å². The highest BCUT2D eigenvalue weighted by Crippen LogP contribution is 2.35. The van der Waals surface area contributed by atoms with E-state index >= 15 is 0 Å². The van der Waals surface area contributed by atoms with Crippen LogP contribution in [0, 0.1) is 5.92 Å². The summed E-state index contributed by atoms with van der Waals surface area (Å²) < 4.78 is 10.9. The Labute approximate surface area is 166 Å². The molecular weight excluding hydrogens is 356 g/mol. The molecular formula is C22H28N2O4. The van der Waals surface area contributed by atoms with Crippen LogP contribution in [0.4, 0.5) is 0 Å². The summed E-state index contributed by atoms with van der Waals surface area (Å²) in [5.41, 5.74) is 1.83. The Hall–Kier alpha value is -2.34. The number of hydrogen-bond acceptors (Lipinski definition) is 5. The van der Waals surface area contributed by atoms with Crippen LogP contribution in [0.25, 0.3) is 5.57 Å². The van der Waals surface area contributed by atoms with Gasteiger partial charge in [0.25, 0.3) is 11.8 Å². The van der Waals surface area contributed by atoms with Crippen LogP contribution in [0.3, 0.4) is 0 Å². The number of piperidine rings is 1. The van der Waals surface area contributed by atoms with Crippen molar-refractivity contribution >= 4 is 17.4 Å². The second kappa shape index (κ2) is 7.95. The summed E-state index contributed by atoms with van der Waals surface area (Å²) in [6.07, 6.45) is 4.02. The summed E-state index contributed by atoms with van der Waals surface area (Å²) in [5, 5.41) is 0. The number of rotatable bonds is 5. The molecule has 2 fully saturated rings. The molecule has 6 nitrogen and oxygen atoms in total. The number of benzene rings is 1. The third-order valence-corrected chi connectivity index (χ3v) is 5.91. The Morgan fingerprint density at radius 3 is 2.54 bits per heavy atom. The quantitative estimate of drug-likeness (QED) is 0.731. The number of carbonyl (C=O) groups is 2. The zero-order chi connectivity index (χ0) is 19.7. The predicted octanol–water partition coefficient (Wildman–Crippen LogP) is 2.69. The first kappa shape index (κ1) is 19.0. The molecule has 1 aromatic rings. The Bertz CT molecular complexity index is 780. The number of likely N-dealkylation sites (tertiary alicyclic amines) is 1. The van der Waals surface area contributed by atoms with Crippen LogP contribution in [0.2, 0.25) is 0 Å². The second-order valence-electron chi connectivity index (χ2n) is 8.00. The molecule has 0 N–H and O–H groups in total. The first-order valence-corrected chi connectivity index (χ1v) is 10.2. The van der Waals surface area contributed by atoms with E-state index in [1.54, 1.807) is 7.11 Å². The first-order chi connectivity index (χ1) is 13.6. The highest BCUT2D eigenvalue weighted by atomic mass is 16.5. The Morgan fingerprint density at radius 2 is 1.89 bits per heavy atom. The van der Waals surface area contributed by atoms with Crippen LogP contribution in [-0.2, 0) is 14.3 Å². The van der Waals surface area contributed by atoms with Gasteiger partial charge < -0.3 is 14.4 Å². The van der Waals surface area contributed by atoms with Gasteiger partial charge in [-0.1, -0.05) is 19.1 Å². The maximum Gasteiger partial charge on any atom is 0.277 e. The van der Waals surface area contributed by atoms with Crippen molar-refractivity contribution in [3.05, 3.63) is 35.5 Å². The van der Waals surface area contributed by atoms with Gasteiger partial charge in [-0.3, -0.25) is 14.5 Å². The zero-order valence-corrected chi connectivity index (χ0v) is 16.6. The fourth-order valence-corrected chi connectivity index (χ4v) is 4.42. The largest absolute Gasteiger partial charge is 0.497 e. The van der Waals surface area contributed by atoms with Crippen LogP contribution in [-0.4, -0.2) is 61.1 Å². The van der Waals surface area contributed by atoms with Gasteiger partial charge in [0.1, 0.15) is 11.4 Å². The predicted molar refractivity (Wildman–Crippen MR) is 106 cm³/mol. The molecule has 0 aromatic heterocycles. The molecule has 0 spiro atoms. The highest BCUT2D eigenvalue weighted by Gasteiger charge is 2.43. The Kier molecular flexibility index (Phi) is 5.40. The maximum atomic E-state index is 13.3. The van der Waals surface area contributed by atoms with Gasteiger partial charge >= 0.3 is 0 Å². The van der Waals surface area contributed by atoms with Gasteiger partial charge in [0.15, 0.2) is 0 Å². The van der Waals surface area contributed by atoms with Crippen LogP contribution < -0.4 is 4.74 Å². The lowest BCUT2D eigenvalue weighted by Gasteiger charge is -2.33. The smallest absolute Gasteiger partial charge is 0.277 e. The molecule has 1 aromatic carbocycles. The van der Waals surface area contributed by atoms with Gasteiger partial charge in [0.2, 0.25) is 0 Å². The number of nitrogens with zero attached hydrogens (tertiary/aromatic N) is 2. The van der Waals surface area contributed by atoms with Gasteiger partial charge in [-0.25, -0.2) is 0 Å². The zero-order valence-electron chi connectivity index (χ0n) is 16.6. The molecule has 2 saturated heterocycles. The van der Waals surface area contributed by atoms with E-state index in [1.807, 2.05) is 24.3 Å². The number of carbonyl (C=O) groups excluding carboxylic acids is 2. The molecule has 0 bridgehead atoms. The average molecular weight is 384 g/mol. The fraction of sp³-hybridized carbons (Fsp3) is 0.545. The minimum absolute atomic E-state index is 0.0513. The summed E-state index contributed by atoms with van der Waals surface area (Å²) >= 11 is 0. The third-order valence-electron chi connectivity index (χ3n) is 5.91. The van der Waals surface area contributed by atoms with Crippen molar-refractivity contribution in [2.75, 3.05) is 33.4 Å². The maximum absolute atomic E-state index is 13.3. The van der Waals surface area contributed by atoms with Gasteiger partial charge in [0.05, 0.1) is 25.3 Å². The molecule has 0 saturated carbocycles. The molecule has 2 unspecified atom stereocenters. The van der Waals surface area contributed by atoms with Gasteiger partial charge in [-0.05, 0) is 49.3 Å². The summed E-state index contributed by atoms with van der Waals surface area (Å²) in [6, 6.07) is 7.39. The third kappa shape index (κ3) is 3.53. The molecule has 6 heteroatoms. The van der Waals surface area contributed by atoms with Gasteiger partial charge in [0, 0.05) is 19.7 Å².